The predicted octanol–water partition coefficient (Wildman–Crippen LogP) is 18.5. The molecule has 0 heterocycles. The van der Waals surface area contributed by atoms with Crippen LogP contribution < -0.4 is 0 Å². The molecule has 6 aromatic rings. The van der Waals surface area contributed by atoms with E-state index in [1.807, 2.05) is 0 Å². The first-order valence-corrected chi connectivity index (χ1v) is 29.8. The third-order valence-corrected chi connectivity index (χ3v) is 11.5. The number of halogens is 2. The molecule has 0 fully saturated rings. The van der Waals surface area contributed by atoms with Crippen LogP contribution in [0.25, 0.3) is 43.8 Å². The van der Waals surface area contributed by atoms with Crippen molar-refractivity contribution >= 4 is 48.1 Å². The summed E-state index contributed by atoms with van der Waals surface area (Å²) in [5.41, 5.74) is 14.6. The van der Waals surface area contributed by atoms with E-state index in [1.165, 1.54) is 90.0 Å². The molecule has 310 valence electrons. The van der Waals surface area contributed by atoms with Crippen molar-refractivity contribution in [3.8, 4) is 22.3 Å². The molecule has 0 saturated carbocycles. The second-order valence-electron chi connectivity index (χ2n) is 18.7. The molecule has 0 aliphatic carbocycles. The summed E-state index contributed by atoms with van der Waals surface area (Å²) in [6.07, 6.45) is 2.36. The summed E-state index contributed by atoms with van der Waals surface area (Å²) in [5, 5.41) is 5.59. The van der Waals surface area contributed by atoms with Gasteiger partial charge in [-0.3, -0.25) is 0 Å². The Morgan fingerprint density at radius 3 is 1.14 bits per heavy atom. The Balaban J connectivity index is 0.000000273. The van der Waals surface area contributed by atoms with Gasteiger partial charge < -0.3 is 0 Å². The van der Waals surface area contributed by atoms with Crippen molar-refractivity contribution < 1.29 is 20.8 Å². The molecule has 0 nitrogen and oxygen atoms in total. The molecule has 0 amide bonds. The van der Waals surface area contributed by atoms with Crippen LogP contribution in [0.15, 0.2) is 97.1 Å². The van der Waals surface area contributed by atoms with Crippen molar-refractivity contribution in [3.63, 3.8) is 0 Å². The Kier molecular flexibility index (Phi) is 19.5. The van der Waals surface area contributed by atoms with E-state index >= 15 is 0 Å². The monoisotopic (exact) mass is 908 g/mol. The van der Waals surface area contributed by atoms with Gasteiger partial charge >= 0.3 is 37.9 Å². The van der Waals surface area contributed by atoms with Crippen LogP contribution in [0, 0.1) is 0 Å². The predicted molar refractivity (Wildman–Crippen MR) is 262 cm³/mol. The van der Waals surface area contributed by atoms with Gasteiger partial charge in [0.2, 0.25) is 0 Å². The summed E-state index contributed by atoms with van der Waals surface area (Å²) in [7, 11) is 11.0. The van der Waals surface area contributed by atoms with Gasteiger partial charge in [-0.2, -0.15) is 12.1 Å². The minimum atomic E-state index is -0.826. The Morgan fingerprint density at radius 2 is 0.862 bits per heavy atom. The van der Waals surface area contributed by atoms with Crippen LogP contribution >= 0.6 is 17.0 Å². The van der Waals surface area contributed by atoms with Gasteiger partial charge in [-0.1, -0.05) is 194 Å². The van der Waals surface area contributed by atoms with Crippen LogP contribution in [0.5, 0.6) is 0 Å². The Hall–Kier alpha value is -2.22. The van der Waals surface area contributed by atoms with E-state index < -0.39 is 20.8 Å². The van der Waals surface area contributed by atoms with E-state index in [9.17, 15) is 0 Å². The molecule has 0 N–H and O–H groups in total. The molecule has 0 bridgehead atoms. The van der Waals surface area contributed by atoms with Crippen molar-refractivity contribution in [1.29, 1.82) is 0 Å². The molecule has 2 radical (unpaired) electrons. The molecule has 2 unspecified atom stereocenters. The first kappa shape index (κ1) is 50.1. The molecule has 4 heteroatoms. The third kappa shape index (κ3) is 12.4. The van der Waals surface area contributed by atoms with Crippen LogP contribution in [0.4, 0.5) is 0 Å². The molecule has 0 aromatic heterocycles. The van der Waals surface area contributed by atoms with Gasteiger partial charge in [0.1, 0.15) is 0 Å². The van der Waals surface area contributed by atoms with Crippen LogP contribution in [0.2, 0.25) is 13.1 Å². The topological polar surface area (TPSA) is 0 Å². The quantitative estimate of drug-likeness (QED) is 0.105. The van der Waals surface area contributed by atoms with Gasteiger partial charge in [-0.25, -0.2) is 0 Å². The van der Waals surface area contributed by atoms with Gasteiger partial charge in [0.25, 0.3) is 0 Å². The maximum absolute atomic E-state index is 4.93. The number of benzene rings is 4. The summed E-state index contributed by atoms with van der Waals surface area (Å²) in [5.74, 6) is 2.24. The average molecular weight is 911 g/mol. The zero-order valence-corrected chi connectivity index (χ0v) is 43.7. The standard InChI is InChI=1S/2C26H33.C2H6Si.2ClH.Zr/c2*1-8-18(4)20-15-19-13-14-24(26(5,6)7)25(23(19)16-20)22-12-10-9-11-21(22)17(2)3;1-3-2;;;/h2*9-18H,8H2,1-7H3;1-2H3;2*1H;/q2*-1;;;;+4/p-2. The number of hydrogen-bond acceptors (Lipinski definition) is 0. The molecular weight excluding hydrogens is 839 g/mol. The van der Waals surface area contributed by atoms with Crippen LogP contribution in [0.1, 0.15) is 167 Å². The van der Waals surface area contributed by atoms with E-state index in [4.69, 9.17) is 17.0 Å². The number of hydrogen-bond donors (Lipinski definition) is 0. The summed E-state index contributed by atoms with van der Waals surface area (Å²) < 4.78 is 0. The zero-order valence-electron chi connectivity index (χ0n) is 38.7. The van der Waals surface area contributed by atoms with Gasteiger partial charge in [0.15, 0.2) is 0 Å². The minimum absolute atomic E-state index is 0.113. The summed E-state index contributed by atoms with van der Waals surface area (Å²) in [6.45, 7) is 36.7. The number of rotatable bonds is 8. The van der Waals surface area contributed by atoms with Crippen molar-refractivity contribution in [1.82, 2.24) is 0 Å². The fourth-order valence-electron chi connectivity index (χ4n) is 7.94. The van der Waals surface area contributed by atoms with E-state index in [1.54, 1.807) is 0 Å². The average Bonchev–Trinajstić information content (AvgIpc) is 3.82. The third-order valence-electron chi connectivity index (χ3n) is 11.5. The molecule has 2 atom stereocenters. The fourth-order valence-corrected chi connectivity index (χ4v) is 7.94. The molecule has 0 aliphatic rings. The number of fused-ring (bicyclic) bond motifs is 2. The van der Waals surface area contributed by atoms with E-state index in [-0.39, 0.29) is 10.8 Å². The SMILES string of the molecule is CCC(C)c1cc2c(-c3ccccc3C(C)C)c(C(C)(C)C)ccc2[cH-]1.CCC(C)c1cc2c(-c3ccccc3C(C)C)c(C(C)(C)C)ccc2[cH-]1.C[Si]C.[Cl][Zr+2][Cl]. The van der Waals surface area contributed by atoms with Gasteiger partial charge in [-0.05, 0) is 56.8 Å². The van der Waals surface area contributed by atoms with Crippen molar-refractivity contribution in [2.45, 2.75) is 157 Å². The normalized spacial score (nSPS) is 12.6. The van der Waals surface area contributed by atoms with E-state index in [0.717, 1.165) is 9.52 Å². The van der Waals surface area contributed by atoms with Crippen molar-refractivity contribution in [3.05, 3.63) is 130 Å². The van der Waals surface area contributed by atoms with Gasteiger partial charge in [-0.15, -0.1) is 69.1 Å². The Bertz CT molecular complexity index is 2010. The fraction of sp³-hybridized carbons (Fsp3) is 0.444. The van der Waals surface area contributed by atoms with Crippen LogP contribution in [-0.4, -0.2) is 9.52 Å². The van der Waals surface area contributed by atoms with Crippen LogP contribution in [-0.2, 0) is 31.7 Å². The van der Waals surface area contributed by atoms with E-state index in [0.29, 0.717) is 23.7 Å². The van der Waals surface area contributed by atoms with E-state index in [2.05, 4.69) is 207 Å². The second-order valence-corrected chi connectivity index (χ2v) is 23.5. The Morgan fingerprint density at radius 1 is 0.552 bits per heavy atom. The van der Waals surface area contributed by atoms with Crippen molar-refractivity contribution in [2.75, 3.05) is 0 Å². The second kappa shape index (κ2) is 22.6. The molecular formula is C54H72Cl2SiZr. The summed E-state index contributed by atoms with van der Waals surface area (Å²) in [6, 6.07) is 37.0. The van der Waals surface area contributed by atoms with Crippen molar-refractivity contribution in [2.24, 2.45) is 0 Å². The molecule has 0 spiro atoms. The molecule has 58 heavy (non-hydrogen) atoms. The molecule has 0 aliphatic heterocycles. The molecule has 0 saturated heterocycles. The molecule has 6 aromatic carbocycles. The van der Waals surface area contributed by atoms with Gasteiger partial charge in [0.05, 0.1) is 0 Å². The first-order valence-electron chi connectivity index (χ1n) is 21.5. The maximum atomic E-state index is 4.93. The first-order chi connectivity index (χ1) is 27.3. The van der Waals surface area contributed by atoms with Crippen LogP contribution in [0.3, 0.4) is 0 Å². The Labute approximate surface area is 376 Å². The summed E-state index contributed by atoms with van der Waals surface area (Å²) in [4.78, 5) is 0. The van der Waals surface area contributed by atoms with Gasteiger partial charge in [0, 0.05) is 9.52 Å². The summed E-state index contributed by atoms with van der Waals surface area (Å²) >= 11 is -0.826. The zero-order chi connectivity index (χ0) is 43.5. The molecule has 6 rings (SSSR count).